The van der Waals surface area contributed by atoms with Crippen LogP contribution in [0.4, 0.5) is 4.79 Å². The summed E-state index contributed by atoms with van der Waals surface area (Å²) in [6.07, 6.45) is -0.868. The van der Waals surface area contributed by atoms with E-state index in [-0.39, 0.29) is 12.6 Å². The fraction of sp³-hybridized carbons (Fsp3) is 0.375. The molecule has 5 N–H and O–H groups in total. The zero-order chi connectivity index (χ0) is 24.1. The van der Waals surface area contributed by atoms with Crippen LogP contribution in [0, 0.1) is 0 Å². The molecule has 0 bridgehead atoms. The van der Waals surface area contributed by atoms with Crippen molar-refractivity contribution in [3.8, 4) is 0 Å². The third kappa shape index (κ3) is 6.71. The standard InChI is InChI=1S/C24H30N2O6/c1-23(2,30)20(27)17-9-5-15(6-10-17)19(26-13-14-32-22(25)29)16-7-11-18(12-8-16)21(28)24(3,4)31/h5-12,19,26,30-31H,13-14H2,1-4H3,(H2,25,29). The smallest absolute Gasteiger partial charge is 0.404 e. The fourth-order valence-electron chi connectivity index (χ4n) is 3.14. The second-order valence-electron chi connectivity index (χ2n) is 8.57. The van der Waals surface area contributed by atoms with Crippen LogP contribution in [0.25, 0.3) is 0 Å². The molecule has 8 heteroatoms. The van der Waals surface area contributed by atoms with Gasteiger partial charge in [0.1, 0.15) is 17.8 Å². The summed E-state index contributed by atoms with van der Waals surface area (Å²) in [4.78, 5) is 35.4. The molecule has 2 aromatic rings. The minimum Gasteiger partial charge on any atom is -0.448 e. The predicted octanol–water partition coefficient (Wildman–Crippen LogP) is 2.37. The van der Waals surface area contributed by atoms with E-state index < -0.39 is 28.9 Å². The summed E-state index contributed by atoms with van der Waals surface area (Å²) >= 11 is 0. The lowest BCUT2D eigenvalue weighted by molar-refractivity contribution is 0.0487. The molecule has 0 aliphatic carbocycles. The molecule has 0 heterocycles. The highest BCUT2D eigenvalue weighted by molar-refractivity contribution is 6.02. The molecule has 0 radical (unpaired) electrons. The van der Waals surface area contributed by atoms with E-state index in [9.17, 15) is 24.6 Å². The number of Topliss-reactive ketones (excluding diaryl/α,β-unsaturated/α-hetero) is 2. The lowest BCUT2D eigenvalue weighted by Gasteiger charge is -2.22. The van der Waals surface area contributed by atoms with Crippen molar-refractivity contribution < 1.29 is 29.3 Å². The minimum absolute atomic E-state index is 0.0658. The number of nitrogens with one attached hydrogen (secondary N) is 1. The van der Waals surface area contributed by atoms with E-state index in [0.29, 0.717) is 17.7 Å². The van der Waals surface area contributed by atoms with E-state index in [1.165, 1.54) is 27.7 Å². The van der Waals surface area contributed by atoms with Crippen LogP contribution >= 0.6 is 0 Å². The first kappa shape index (κ1) is 25.2. The number of benzene rings is 2. The Labute approximate surface area is 187 Å². The Kier molecular flexibility index (Phi) is 7.90. The van der Waals surface area contributed by atoms with Gasteiger partial charge in [-0.25, -0.2) is 4.79 Å². The van der Waals surface area contributed by atoms with Crippen molar-refractivity contribution in [2.24, 2.45) is 5.73 Å². The van der Waals surface area contributed by atoms with Gasteiger partial charge in [0.15, 0.2) is 11.6 Å². The SMILES string of the molecule is CC(C)(O)C(=O)c1ccc(C(NCCOC(N)=O)c2ccc(C(=O)C(C)(C)O)cc2)cc1. The number of ketones is 2. The van der Waals surface area contributed by atoms with Crippen molar-refractivity contribution in [1.29, 1.82) is 0 Å². The van der Waals surface area contributed by atoms with E-state index in [0.717, 1.165) is 11.1 Å². The summed E-state index contributed by atoms with van der Waals surface area (Å²) in [7, 11) is 0. The number of hydrogen-bond acceptors (Lipinski definition) is 7. The first-order valence-electron chi connectivity index (χ1n) is 10.2. The molecule has 0 aliphatic heterocycles. The Balaban J connectivity index is 2.31. The summed E-state index contributed by atoms with van der Waals surface area (Å²) in [5.41, 5.74) is 4.43. The Bertz CT molecular complexity index is 884. The molecule has 0 aromatic heterocycles. The number of aliphatic hydroxyl groups is 2. The summed E-state index contributed by atoms with van der Waals surface area (Å²) in [5, 5.41) is 23.2. The lowest BCUT2D eigenvalue weighted by Crippen LogP contribution is -2.31. The summed E-state index contributed by atoms with van der Waals surface area (Å²) in [5.74, 6) is -0.782. The highest BCUT2D eigenvalue weighted by Gasteiger charge is 2.26. The third-order valence-corrected chi connectivity index (χ3v) is 4.82. The van der Waals surface area contributed by atoms with Gasteiger partial charge in [0.05, 0.1) is 6.04 Å². The van der Waals surface area contributed by atoms with Crippen molar-refractivity contribution in [3.63, 3.8) is 0 Å². The Morgan fingerprint density at radius 3 is 1.53 bits per heavy atom. The molecule has 1 amide bonds. The number of ether oxygens (including phenoxy) is 1. The van der Waals surface area contributed by atoms with Crippen LogP contribution in [-0.2, 0) is 4.74 Å². The molecular formula is C24H30N2O6. The number of rotatable bonds is 10. The number of amides is 1. The van der Waals surface area contributed by atoms with Gasteiger partial charge in [-0.1, -0.05) is 48.5 Å². The summed E-state index contributed by atoms with van der Waals surface area (Å²) < 4.78 is 4.77. The van der Waals surface area contributed by atoms with Gasteiger partial charge in [0.25, 0.3) is 0 Å². The van der Waals surface area contributed by atoms with Crippen molar-refractivity contribution >= 4 is 17.7 Å². The van der Waals surface area contributed by atoms with E-state index >= 15 is 0 Å². The summed E-state index contributed by atoms with van der Waals surface area (Å²) in [6.45, 7) is 6.11. The van der Waals surface area contributed by atoms with Gasteiger partial charge in [0.2, 0.25) is 0 Å². The monoisotopic (exact) mass is 442 g/mol. The molecule has 0 atom stereocenters. The lowest BCUT2D eigenvalue weighted by atomic mass is 9.91. The highest BCUT2D eigenvalue weighted by Crippen LogP contribution is 2.25. The van der Waals surface area contributed by atoms with E-state index in [1.807, 2.05) is 0 Å². The number of nitrogens with two attached hydrogens (primary N) is 1. The first-order valence-corrected chi connectivity index (χ1v) is 10.2. The van der Waals surface area contributed by atoms with E-state index in [2.05, 4.69) is 5.32 Å². The second-order valence-corrected chi connectivity index (χ2v) is 8.57. The zero-order valence-corrected chi connectivity index (χ0v) is 18.7. The quantitative estimate of drug-likeness (QED) is 0.327. The molecule has 0 saturated carbocycles. The molecule has 0 spiro atoms. The molecule has 32 heavy (non-hydrogen) atoms. The van der Waals surface area contributed by atoms with Gasteiger partial charge in [0, 0.05) is 17.7 Å². The van der Waals surface area contributed by atoms with Crippen molar-refractivity contribution in [3.05, 3.63) is 70.8 Å². The van der Waals surface area contributed by atoms with Gasteiger partial charge in [-0.2, -0.15) is 0 Å². The maximum atomic E-state index is 12.3. The molecular weight excluding hydrogens is 412 g/mol. The molecule has 2 aromatic carbocycles. The molecule has 8 nitrogen and oxygen atoms in total. The van der Waals surface area contributed by atoms with Crippen molar-refractivity contribution in [2.75, 3.05) is 13.2 Å². The normalized spacial score (nSPS) is 12.0. The number of hydrogen-bond donors (Lipinski definition) is 4. The van der Waals surface area contributed by atoms with Crippen LogP contribution in [0.5, 0.6) is 0 Å². The second kappa shape index (κ2) is 10.0. The van der Waals surface area contributed by atoms with Crippen LogP contribution in [-0.4, -0.2) is 52.2 Å². The molecule has 2 rings (SSSR count). The minimum atomic E-state index is -1.48. The van der Waals surface area contributed by atoms with Crippen molar-refractivity contribution in [2.45, 2.75) is 44.9 Å². The average molecular weight is 443 g/mol. The van der Waals surface area contributed by atoms with Gasteiger partial charge < -0.3 is 26.0 Å². The maximum absolute atomic E-state index is 12.3. The molecule has 0 unspecified atom stereocenters. The molecule has 0 fully saturated rings. The highest BCUT2D eigenvalue weighted by atomic mass is 16.5. The zero-order valence-electron chi connectivity index (χ0n) is 18.7. The maximum Gasteiger partial charge on any atom is 0.404 e. The topological polar surface area (TPSA) is 139 Å². The largest absolute Gasteiger partial charge is 0.448 e. The average Bonchev–Trinajstić information content (AvgIpc) is 2.71. The Hall–Kier alpha value is -3.07. The van der Waals surface area contributed by atoms with E-state index in [1.54, 1.807) is 48.5 Å². The van der Waals surface area contributed by atoms with Crippen LogP contribution < -0.4 is 11.1 Å². The number of carbonyl (C=O) groups is 3. The fourth-order valence-corrected chi connectivity index (χ4v) is 3.14. The Morgan fingerprint density at radius 1 is 0.844 bits per heavy atom. The molecule has 172 valence electrons. The molecule has 0 saturated heterocycles. The molecule has 0 aliphatic rings. The third-order valence-electron chi connectivity index (χ3n) is 4.82. The number of primary amides is 1. The van der Waals surface area contributed by atoms with Gasteiger partial charge in [-0.3, -0.25) is 9.59 Å². The predicted molar refractivity (Wildman–Crippen MR) is 120 cm³/mol. The van der Waals surface area contributed by atoms with Crippen molar-refractivity contribution in [1.82, 2.24) is 5.32 Å². The van der Waals surface area contributed by atoms with Crippen LogP contribution in [0.2, 0.25) is 0 Å². The van der Waals surface area contributed by atoms with Crippen LogP contribution in [0.1, 0.15) is 65.6 Å². The first-order chi connectivity index (χ1) is 14.8. The van der Waals surface area contributed by atoms with Crippen LogP contribution in [0.3, 0.4) is 0 Å². The Morgan fingerprint density at radius 2 is 1.22 bits per heavy atom. The summed E-state index contributed by atoms with van der Waals surface area (Å²) in [6, 6.07) is 13.3. The van der Waals surface area contributed by atoms with E-state index in [4.69, 9.17) is 10.5 Å². The van der Waals surface area contributed by atoms with Gasteiger partial charge >= 0.3 is 6.09 Å². The van der Waals surface area contributed by atoms with Crippen LogP contribution in [0.15, 0.2) is 48.5 Å². The number of carbonyl (C=O) groups excluding carboxylic acids is 3. The van der Waals surface area contributed by atoms with Gasteiger partial charge in [-0.05, 0) is 38.8 Å². The van der Waals surface area contributed by atoms with Gasteiger partial charge in [-0.15, -0.1) is 0 Å².